The molecule has 6 heteroatoms. The molecule has 0 aliphatic carbocycles. The summed E-state index contributed by atoms with van der Waals surface area (Å²) < 4.78 is 34.1. The maximum atomic E-state index is 10.2. The summed E-state index contributed by atoms with van der Waals surface area (Å²) in [5, 5.41) is 0. The molecule has 0 rings (SSSR count). The van der Waals surface area contributed by atoms with E-state index in [-0.39, 0.29) is 68.9 Å². The van der Waals surface area contributed by atoms with E-state index in [4.69, 9.17) is 13.0 Å². The van der Waals surface area contributed by atoms with Crippen LogP contribution < -0.4 is 0 Å². The van der Waals surface area contributed by atoms with Gasteiger partial charge in [0.25, 0.3) is 0 Å². The van der Waals surface area contributed by atoms with Gasteiger partial charge in [0.15, 0.2) is 0 Å². The summed E-state index contributed by atoms with van der Waals surface area (Å²) in [5.41, 5.74) is 0. The maximum absolute atomic E-state index is 10.2. The second-order valence-corrected chi connectivity index (χ2v) is 1.24. The van der Waals surface area contributed by atoms with Crippen molar-refractivity contribution in [1.82, 2.24) is 0 Å². The quantitative estimate of drug-likeness (QED) is 0.437. The van der Waals surface area contributed by atoms with E-state index in [1.54, 1.807) is 0 Å². The van der Waals surface area contributed by atoms with Gasteiger partial charge in [-0.3, -0.25) is 4.55 Å². The third-order valence-electron chi connectivity index (χ3n) is 0. The Bertz CT molecular complexity index is 94.0. The summed E-state index contributed by atoms with van der Waals surface area (Å²) in [6.45, 7) is 0. The molecule has 0 fully saturated rings. The number of hydrogen-bond donors (Lipinski definition) is 1. The van der Waals surface area contributed by atoms with Crippen LogP contribution in [0.5, 0.6) is 0 Å². The topological polar surface area (TPSA) is 54.4 Å². The van der Waals surface area contributed by atoms with Crippen molar-refractivity contribution in [3.05, 3.63) is 0 Å². The third-order valence-corrected chi connectivity index (χ3v) is 0. The first-order valence-corrected chi connectivity index (χ1v) is 2.01. The van der Waals surface area contributed by atoms with Gasteiger partial charge in [0.1, 0.15) is 0 Å². The molecule has 0 aliphatic rings. The van der Waals surface area contributed by atoms with Gasteiger partial charge in [-0.25, -0.2) is 0 Å². The Hall–Kier alpha value is 1.89. The summed E-state index contributed by atoms with van der Waals surface area (Å²) in [7, 11) is -5.17. The Balaban J connectivity index is 0. The Morgan fingerprint density at radius 3 is 1.50 bits per heavy atom. The first kappa shape index (κ1) is 10.8. The molecular formula is H2CsFO3S. The predicted octanol–water partition coefficient (Wildman–Crippen LogP) is -0.890. The van der Waals surface area contributed by atoms with Gasteiger partial charge in [0, 0.05) is 0 Å². The van der Waals surface area contributed by atoms with Crippen molar-refractivity contribution in [2.45, 2.75) is 0 Å². The van der Waals surface area contributed by atoms with Crippen molar-refractivity contribution < 1.29 is 16.9 Å². The Morgan fingerprint density at radius 1 is 1.50 bits per heavy atom. The molecule has 0 saturated heterocycles. The molecule has 34 valence electrons. The standard InChI is InChI=1S/Cs.FHO3S.H/c;1-5(2,3)4;/h;(H,2,3,4);. The van der Waals surface area contributed by atoms with Crippen LogP contribution in [0.25, 0.3) is 0 Å². The van der Waals surface area contributed by atoms with Gasteiger partial charge in [-0.15, -0.1) is 0 Å². The van der Waals surface area contributed by atoms with Gasteiger partial charge < -0.3 is 0 Å². The molecule has 0 unspecified atom stereocenters. The number of hydrogen-bond acceptors (Lipinski definition) is 2. The average Bonchev–Trinajstić information content (AvgIpc) is 0.722. The summed E-state index contributed by atoms with van der Waals surface area (Å²) in [6.07, 6.45) is 0. The summed E-state index contributed by atoms with van der Waals surface area (Å²) in [6, 6.07) is 0. The zero-order valence-electron chi connectivity index (χ0n) is 2.05. The fourth-order valence-electron chi connectivity index (χ4n) is 0. The molecule has 0 bridgehead atoms. The molecule has 0 aromatic heterocycles. The van der Waals surface area contributed by atoms with Crippen LogP contribution in [-0.4, -0.2) is 81.9 Å². The van der Waals surface area contributed by atoms with E-state index in [2.05, 4.69) is 0 Å². The van der Waals surface area contributed by atoms with E-state index in [1.807, 2.05) is 0 Å². The van der Waals surface area contributed by atoms with Crippen molar-refractivity contribution >= 4 is 79.4 Å². The second-order valence-electron chi connectivity index (χ2n) is 0.412. The first-order chi connectivity index (χ1) is 2.00. The fraction of sp³-hybridized carbons (Fsp3) is 0. The Morgan fingerprint density at radius 2 is 1.50 bits per heavy atom. The summed E-state index contributed by atoms with van der Waals surface area (Å²) in [5.74, 6) is 0. The van der Waals surface area contributed by atoms with Crippen LogP contribution in [0.3, 0.4) is 0 Å². The molecule has 0 atom stereocenters. The Kier molecular flexibility index (Phi) is 6.91. The minimum atomic E-state index is -5.17. The molecule has 0 spiro atoms. The normalized spacial score (nSPS) is 9.67. The van der Waals surface area contributed by atoms with E-state index in [0.29, 0.717) is 0 Å². The van der Waals surface area contributed by atoms with Gasteiger partial charge in [0.2, 0.25) is 0 Å². The molecule has 0 aliphatic heterocycles. The van der Waals surface area contributed by atoms with Crippen LogP contribution >= 0.6 is 0 Å². The first-order valence-electron chi connectivity index (χ1n) is 0.670. The second kappa shape index (κ2) is 3.84. The zero-order chi connectivity index (χ0) is 4.50. The van der Waals surface area contributed by atoms with Crippen LogP contribution in [-0.2, 0) is 10.5 Å². The zero-order valence-corrected chi connectivity index (χ0v) is 2.87. The molecular weight excluding hydrogens is 232 g/mol. The van der Waals surface area contributed by atoms with Crippen LogP contribution in [0, 0.1) is 0 Å². The minimum absolute atomic E-state index is 0. The van der Waals surface area contributed by atoms with Crippen molar-refractivity contribution in [2.75, 3.05) is 0 Å². The molecule has 0 amide bonds. The van der Waals surface area contributed by atoms with E-state index in [0.717, 1.165) is 0 Å². The van der Waals surface area contributed by atoms with Gasteiger partial charge in [-0.05, 0) is 0 Å². The molecule has 1 N–H and O–H groups in total. The molecule has 0 aromatic carbocycles. The van der Waals surface area contributed by atoms with E-state index in [9.17, 15) is 3.89 Å². The van der Waals surface area contributed by atoms with Crippen molar-refractivity contribution in [3.63, 3.8) is 0 Å². The number of halogens is 1. The molecule has 0 aromatic rings. The molecule has 3 nitrogen and oxygen atoms in total. The van der Waals surface area contributed by atoms with Crippen molar-refractivity contribution in [2.24, 2.45) is 0 Å². The Labute approximate surface area is 93.8 Å². The molecule has 0 radical (unpaired) electrons. The number of rotatable bonds is 0. The van der Waals surface area contributed by atoms with E-state index < -0.39 is 10.5 Å². The van der Waals surface area contributed by atoms with Gasteiger partial charge in [-0.1, -0.05) is 3.89 Å². The molecule has 6 heavy (non-hydrogen) atoms. The molecule has 0 saturated carbocycles. The fourth-order valence-corrected chi connectivity index (χ4v) is 0. The van der Waals surface area contributed by atoms with Crippen molar-refractivity contribution in [1.29, 1.82) is 0 Å². The summed E-state index contributed by atoms with van der Waals surface area (Å²) >= 11 is 0. The van der Waals surface area contributed by atoms with Gasteiger partial charge in [-0.2, -0.15) is 8.42 Å². The van der Waals surface area contributed by atoms with Crippen LogP contribution in [0.15, 0.2) is 0 Å². The van der Waals surface area contributed by atoms with E-state index >= 15 is 0 Å². The van der Waals surface area contributed by atoms with E-state index in [1.165, 1.54) is 0 Å². The average molecular weight is 234 g/mol. The van der Waals surface area contributed by atoms with Crippen LogP contribution in [0.1, 0.15) is 0 Å². The summed E-state index contributed by atoms with van der Waals surface area (Å²) in [4.78, 5) is 0. The van der Waals surface area contributed by atoms with Crippen molar-refractivity contribution in [3.8, 4) is 0 Å². The third kappa shape index (κ3) is 39.4. The van der Waals surface area contributed by atoms with Crippen LogP contribution in [0.4, 0.5) is 3.89 Å². The SMILES string of the molecule is O=S(=O)(O)F.[CsH]. The monoisotopic (exact) mass is 234 g/mol. The van der Waals surface area contributed by atoms with Gasteiger partial charge >= 0.3 is 79.4 Å². The predicted molar refractivity (Wildman–Crippen MR) is 19.8 cm³/mol. The van der Waals surface area contributed by atoms with Crippen LogP contribution in [0.2, 0.25) is 0 Å². The molecule has 0 heterocycles. The van der Waals surface area contributed by atoms with Gasteiger partial charge in [0.05, 0.1) is 0 Å².